The SMILES string of the molecule is CCN1CCC[C@H](Nc2ncc(C(N)=O)c3sc(-c4ccsc4)cc23)C1. The lowest BCUT2D eigenvalue weighted by atomic mass is 10.1. The summed E-state index contributed by atoms with van der Waals surface area (Å²) < 4.78 is 0.916. The van der Waals surface area contributed by atoms with Crippen molar-refractivity contribution in [3.8, 4) is 10.4 Å². The summed E-state index contributed by atoms with van der Waals surface area (Å²) in [5.41, 5.74) is 7.25. The van der Waals surface area contributed by atoms with Gasteiger partial charge in [0.25, 0.3) is 5.91 Å². The number of fused-ring (bicyclic) bond motifs is 1. The first-order chi connectivity index (χ1) is 12.7. The van der Waals surface area contributed by atoms with Gasteiger partial charge in [0.1, 0.15) is 5.82 Å². The number of rotatable bonds is 5. The van der Waals surface area contributed by atoms with Crippen LogP contribution in [0.1, 0.15) is 30.1 Å². The second kappa shape index (κ2) is 7.34. The van der Waals surface area contributed by atoms with Crippen molar-refractivity contribution in [2.45, 2.75) is 25.8 Å². The summed E-state index contributed by atoms with van der Waals surface area (Å²) in [6.07, 6.45) is 3.94. The van der Waals surface area contributed by atoms with Crippen molar-refractivity contribution >= 4 is 44.5 Å². The van der Waals surface area contributed by atoms with E-state index in [1.54, 1.807) is 28.9 Å². The second-order valence-corrected chi connectivity index (χ2v) is 8.46. The molecule has 0 bridgehead atoms. The molecule has 26 heavy (non-hydrogen) atoms. The maximum absolute atomic E-state index is 11.9. The maximum atomic E-state index is 11.9. The molecule has 1 fully saturated rings. The van der Waals surface area contributed by atoms with Crippen molar-refractivity contribution in [1.82, 2.24) is 9.88 Å². The van der Waals surface area contributed by atoms with Crippen LogP contribution < -0.4 is 11.1 Å². The molecule has 0 aromatic carbocycles. The predicted octanol–water partition coefficient (Wildman–Crippen LogP) is 4.02. The van der Waals surface area contributed by atoms with E-state index in [-0.39, 0.29) is 0 Å². The number of anilines is 1. The highest BCUT2D eigenvalue weighted by Crippen LogP contribution is 2.39. The van der Waals surface area contributed by atoms with Gasteiger partial charge < -0.3 is 16.0 Å². The van der Waals surface area contributed by atoms with E-state index in [9.17, 15) is 4.79 Å². The van der Waals surface area contributed by atoms with Gasteiger partial charge in [0.2, 0.25) is 0 Å². The van der Waals surface area contributed by atoms with Crippen LogP contribution in [0.15, 0.2) is 29.1 Å². The van der Waals surface area contributed by atoms with Gasteiger partial charge in [-0.1, -0.05) is 6.92 Å². The van der Waals surface area contributed by atoms with Gasteiger partial charge in [0.15, 0.2) is 0 Å². The van der Waals surface area contributed by atoms with E-state index < -0.39 is 5.91 Å². The van der Waals surface area contributed by atoms with Crippen molar-refractivity contribution in [3.05, 3.63) is 34.7 Å². The number of likely N-dealkylation sites (N-methyl/N-ethyl adjacent to an activating group) is 1. The van der Waals surface area contributed by atoms with Crippen molar-refractivity contribution in [2.75, 3.05) is 25.0 Å². The molecule has 0 radical (unpaired) electrons. The number of primary amides is 1. The molecule has 0 unspecified atom stereocenters. The number of pyridine rings is 1. The molecule has 1 aliphatic heterocycles. The van der Waals surface area contributed by atoms with Crippen LogP contribution in [0.2, 0.25) is 0 Å². The topological polar surface area (TPSA) is 71.2 Å². The molecule has 0 aliphatic carbocycles. The number of amides is 1. The molecule has 136 valence electrons. The van der Waals surface area contributed by atoms with Crippen molar-refractivity contribution in [1.29, 1.82) is 0 Å². The molecule has 1 atom stereocenters. The van der Waals surface area contributed by atoms with Crippen molar-refractivity contribution in [3.63, 3.8) is 0 Å². The summed E-state index contributed by atoms with van der Waals surface area (Å²) in [4.78, 5) is 20.0. The summed E-state index contributed by atoms with van der Waals surface area (Å²) in [5.74, 6) is 0.424. The number of nitrogens with zero attached hydrogens (tertiary/aromatic N) is 2. The zero-order valence-corrected chi connectivity index (χ0v) is 16.3. The van der Waals surface area contributed by atoms with Crippen LogP contribution in [0.4, 0.5) is 5.82 Å². The summed E-state index contributed by atoms with van der Waals surface area (Å²) in [5, 5.41) is 8.79. The molecule has 0 saturated carbocycles. The molecule has 3 aromatic rings. The Morgan fingerprint density at radius 2 is 2.38 bits per heavy atom. The third-order valence-corrected chi connectivity index (χ3v) is 6.82. The molecule has 3 N–H and O–H groups in total. The van der Waals surface area contributed by atoms with Crippen LogP contribution >= 0.6 is 22.7 Å². The molecule has 1 aliphatic rings. The van der Waals surface area contributed by atoms with Gasteiger partial charge in [-0.25, -0.2) is 4.98 Å². The van der Waals surface area contributed by atoms with Crippen LogP contribution in [0, 0.1) is 0 Å². The minimum atomic E-state index is -0.428. The minimum Gasteiger partial charge on any atom is -0.366 e. The van der Waals surface area contributed by atoms with E-state index in [4.69, 9.17) is 5.73 Å². The molecule has 0 spiro atoms. The fraction of sp³-hybridized carbons (Fsp3) is 0.368. The molecule has 1 saturated heterocycles. The average Bonchev–Trinajstić information content (AvgIpc) is 3.31. The number of nitrogens with one attached hydrogen (secondary N) is 1. The summed E-state index contributed by atoms with van der Waals surface area (Å²) in [7, 11) is 0. The van der Waals surface area contributed by atoms with Crippen LogP contribution in [0.5, 0.6) is 0 Å². The number of hydrogen-bond acceptors (Lipinski definition) is 6. The average molecular weight is 387 g/mol. The Kier molecular flexibility index (Phi) is 4.93. The van der Waals surface area contributed by atoms with E-state index >= 15 is 0 Å². The Morgan fingerprint density at radius 1 is 1.50 bits per heavy atom. The molecule has 3 aromatic heterocycles. The van der Waals surface area contributed by atoms with Gasteiger partial charge in [-0.2, -0.15) is 11.3 Å². The number of thiophene rings is 2. The highest BCUT2D eigenvalue weighted by atomic mass is 32.1. The first kappa shape index (κ1) is 17.5. The fourth-order valence-electron chi connectivity index (χ4n) is 3.52. The Morgan fingerprint density at radius 3 is 3.12 bits per heavy atom. The lowest BCUT2D eigenvalue weighted by molar-refractivity contribution is 0.100. The van der Waals surface area contributed by atoms with Gasteiger partial charge in [0.05, 0.1) is 10.3 Å². The first-order valence-corrected chi connectivity index (χ1v) is 10.7. The van der Waals surface area contributed by atoms with Crippen LogP contribution in [-0.4, -0.2) is 41.5 Å². The summed E-state index contributed by atoms with van der Waals surface area (Å²) >= 11 is 3.28. The zero-order valence-electron chi connectivity index (χ0n) is 14.7. The number of hydrogen-bond donors (Lipinski definition) is 2. The van der Waals surface area contributed by atoms with Crippen molar-refractivity contribution in [2.24, 2.45) is 5.73 Å². The van der Waals surface area contributed by atoms with Crippen LogP contribution in [0.25, 0.3) is 20.5 Å². The van der Waals surface area contributed by atoms with E-state index in [2.05, 4.69) is 45.0 Å². The van der Waals surface area contributed by atoms with E-state index in [1.807, 2.05) is 0 Å². The van der Waals surface area contributed by atoms with E-state index in [1.165, 1.54) is 18.5 Å². The van der Waals surface area contributed by atoms with Gasteiger partial charge in [-0.15, -0.1) is 11.3 Å². The minimum absolute atomic E-state index is 0.378. The first-order valence-electron chi connectivity index (χ1n) is 8.89. The normalized spacial score (nSPS) is 18.3. The molecule has 1 amide bonds. The fourth-order valence-corrected chi connectivity index (χ4v) is 5.42. The van der Waals surface area contributed by atoms with Gasteiger partial charge in [0, 0.05) is 34.6 Å². The van der Waals surface area contributed by atoms with E-state index in [0.29, 0.717) is 11.6 Å². The molecule has 4 rings (SSSR count). The molecule has 4 heterocycles. The highest BCUT2D eigenvalue weighted by Gasteiger charge is 2.21. The van der Waals surface area contributed by atoms with E-state index in [0.717, 1.165) is 40.3 Å². The predicted molar refractivity (Wildman–Crippen MR) is 110 cm³/mol. The standard InChI is InChI=1S/C19H22N4OS2/c1-2-23-6-3-4-13(10-23)22-19-14-8-16(12-5-7-25-11-12)26-17(14)15(9-21-19)18(20)24/h5,7-9,11,13H,2-4,6,10H2,1H3,(H2,20,24)(H,21,22)/t13-/m0/s1. The smallest absolute Gasteiger partial charge is 0.251 e. The summed E-state index contributed by atoms with van der Waals surface area (Å²) in [6.45, 7) is 5.46. The third kappa shape index (κ3) is 3.34. The van der Waals surface area contributed by atoms with Crippen LogP contribution in [0.3, 0.4) is 0 Å². The number of piperidine rings is 1. The Hall–Kier alpha value is -1.96. The monoisotopic (exact) mass is 386 g/mol. The maximum Gasteiger partial charge on any atom is 0.251 e. The highest BCUT2D eigenvalue weighted by molar-refractivity contribution is 7.23. The molecule has 7 heteroatoms. The Bertz CT molecular complexity index is 919. The largest absolute Gasteiger partial charge is 0.366 e. The molecular weight excluding hydrogens is 364 g/mol. The van der Waals surface area contributed by atoms with Gasteiger partial charge >= 0.3 is 0 Å². The number of carbonyl (C=O) groups excluding carboxylic acids is 1. The van der Waals surface area contributed by atoms with Crippen molar-refractivity contribution < 1.29 is 4.79 Å². The number of aromatic nitrogens is 1. The quantitative estimate of drug-likeness (QED) is 0.695. The Labute approximate surface area is 160 Å². The molecule has 5 nitrogen and oxygen atoms in total. The lowest BCUT2D eigenvalue weighted by Crippen LogP contribution is -2.42. The molecular formula is C19H22N4OS2. The van der Waals surface area contributed by atoms with Crippen LogP contribution in [-0.2, 0) is 0 Å². The second-order valence-electron chi connectivity index (χ2n) is 6.63. The third-order valence-electron chi connectivity index (χ3n) is 4.92. The zero-order chi connectivity index (χ0) is 18.1. The number of carbonyl (C=O) groups is 1. The summed E-state index contributed by atoms with van der Waals surface area (Å²) in [6, 6.07) is 4.60. The number of likely N-dealkylation sites (tertiary alicyclic amines) is 1. The Balaban J connectivity index is 1.72. The number of nitrogens with two attached hydrogens (primary N) is 1. The van der Waals surface area contributed by atoms with Gasteiger partial charge in [-0.3, -0.25) is 4.79 Å². The van der Waals surface area contributed by atoms with Gasteiger partial charge in [-0.05, 0) is 48.8 Å². The lowest BCUT2D eigenvalue weighted by Gasteiger charge is -2.32.